The first-order chi connectivity index (χ1) is 11.9. The Labute approximate surface area is 145 Å². The summed E-state index contributed by atoms with van der Waals surface area (Å²) in [4.78, 5) is 14.9. The van der Waals surface area contributed by atoms with Gasteiger partial charge >= 0.3 is 5.97 Å². The van der Waals surface area contributed by atoms with E-state index in [9.17, 15) is 13.2 Å². The van der Waals surface area contributed by atoms with Crippen LogP contribution in [0.25, 0.3) is 0 Å². The van der Waals surface area contributed by atoms with E-state index in [0.29, 0.717) is 24.3 Å². The summed E-state index contributed by atoms with van der Waals surface area (Å²) < 4.78 is 34.9. The lowest BCUT2D eigenvalue weighted by molar-refractivity contribution is -0.136. The average molecular weight is 365 g/mol. The maximum Gasteiger partial charge on any atom is 0.303 e. The molecular weight excluding hydrogens is 346 g/mol. The van der Waals surface area contributed by atoms with Crippen molar-refractivity contribution in [3.8, 4) is 5.75 Å². The molecule has 2 heterocycles. The third kappa shape index (κ3) is 3.60. The highest BCUT2D eigenvalue weighted by Crippen LogP contribution is 2.29. The Morgan fingerprint density at radius 3 is 2.96 bits per heavy atom. The van der Waals surface area contributed by atoms with Crippen molar-refractivity contribution in [1.82, 2.24) is 9.55 Å². The zero-order valence-electron chi connectivity index (χ0n) is 13.7. The number of anilines is 1. The van der Waals surface area contributed by atoms with Gasteiger partial charge in [0.1, 0.15) is 11.6 Å². The van der Waals surface area contributed by atoms with Crippen LogP contribution in [0, 0.1) is 0 Å². The Kier molecular flexibility index (Phi) is 4.67. The third-order valence-electron chi connectivity index (χ3n) is 4.09. The number of imidazole rings is 1. The van der Waals surface area contributed by atoms with Crippen molar-refractivity contribution in [3.05, 3.63) is 35.8 Å². The normalized spacial score (nSPS) is 13.5. The van der Waals surface area contributed by atoms with Crippen LogP contribution in [0.5, 0.6) is 5.75 Å². The van der Waals surface area contributed by atoms with Crippen LogP contribution >= 0.6 is 0 Å². The molecule has 8 nitrogen and oxygen atoms in total. The number of carboxylic acids is 1. The number of aliphatic carboxylic acids is 1. The van der Waals surface area contributed by atoms with Gasteiger partial charge in [0.15, 0.2) is 5.03 Å². The molecule has 0 atom stereocenters. The van der Waals surface area contributed by atoms with Crippen LogP contribution in [-0.4, -0.2) is 36.2 Å². The minimum atomic E-state index is -3.82. The molecule has 1 aliphatic heterocycles. The molecule has 0 saturated carbocycles. The Balaban J connectivity index is 1.89. The maximum absolute atomic E-state index is 12.7. The van der Waals surface area contributed by atoms with Crippen molar-refractivity contribution in [3.63, 3.8) is 0 Å². The van der Waals surface area contributed by atoms with Crippen LogP contribution < -0.4 is 9.46 Å². The molecule has 0 aliphatic carbocycles. The van der Waals surface area contributed by atoms with E-state index in [0.717, 1.165) is 18.7 Å². The van der Waals surface area contributed by atoms with E-state index < -0.39 is 16.0 Å². The molecule has 134 valence electrons. The molecule has 1 aliphatic rings. The van der Waals surface area contributed by atoms with Gasteiger partial charge in [0.05, 0.1) is 19.0 Å². The van der Waals surface area contributed by atoms with Gasteiger partial charge < -0.3 is 14.4 Å². The molecule has 0 radical (unpaired) electrons. The van der Waals surface area contributed by atoms with E-state index in [2.05, 4.69) is 9.71 Å². The molecule has 25 heavy (non-hydrogen) atoms. The standard InChI is InChI=1S/C16H19N3O5S/c1-24-13-6-4-11(5-7-16(20)21)9-12(13)18-25(22,23)15-10-17-14-3-2-8-19(14)15/h4,6,9-10,18H,2-3,5,7-8H2,1H3,(H,20,21). The Morgan fingerprint density at radius 2 is 2.24 bits per heavy atom. The van der Waals surface area contributed by atoms with Gasteiger partial charge in [0, 0.05) is 19.4 Å². The van der Waals surface area contributed by atoms with E-state index in [1.807, 2.05) is 0 Å². The van der Waals surface area contributed by atoms with Gasteiger partial charge in [0.25, 0.3) is 10.0 Å². The lowest BCUT2D eigenvalue weighted by Crippen LogP contribution is -2.17. The summed E-state index contributed by atoms with van der Waals surface area (Å²) in [5, 5.41) is 8.92. The highest BCUT2D eigenvalue weighted by molar-refractivity contribution is 7.92. The van der Waals surface area contributed by atoms with Crippen molar-refractivity contribution in [2.75, 3.05) is 11.8 Å². The second kappa shape index (κ2) is 6.75. The highest BCUT2D eigenvalue weighted by Gasteiger charge is 2.26. The molecule has 1 aromatic heterocycles. The number of benzene rings is 1. The number of nitrogens with zero attached hydrogens (tertiary/aromatic N) is 2. The topological polar surface area (TPSA) is 111 Å². The average Bonchev–Trinajstić information content (AvgIpc) is 3.15. The lowest BCUT2D eigenvalue weighted by atomic mass is 10.1. The SMILES string of the molecule is COc1ccc(CCC(=O)O)cc1NS(=O)(=O)c1cnc2n1CCC2. The first kappa shape index (κ1) is 17.3. The number of hydrogen-bond acceptors (Lipinski definition) is 5. The molecule has 0 spiro atoms. The molecule has 9 heteroatoms. The first-order valence-corrected chi connectivity index (χ1v) is 9.35. The van der Waals surface area contributed by atoms with Crippen LogP contribution in [0.4, 0.5) is 5.69 Å². The molecule has 0 saturated heterocycles. The fourth-order valence-electron chi connectivity index (χ4n) is 2.88. The molecule has 1 aromatic carbocycles. The zero-order valence-corrected chi connectivity index (χ0v) is 14.5. The number of carboxylic acid groups (broad SMARTS) is 1. The second-order valence-corrected chi connectivity index (χ2v) is 7.43. The summed E-state index contributed by atoms with van der Waals surface area (Å²) in [5.41, 5.74) is 0.985. The smallest absolute Gasteiger partial charge is 0.303 e. The summed E-state index contributed by atoms with van der Waals surface area (Å²) >= 11 is 0. The van der Waals surface area contributed by atoms with Gasteiger partial charge in [-0.2, -0.15) is 8.42 Å². The van der Waals surface area contributed by atoms with Gasteiger partial charge in [0.2, 0.25) is 0 Å². The lowest BCUT2D eigenvalue weighted by Gasteiger charge is -2.14. The number of ether oxygens (including phenoxy) is 1. The van der Waals surface area contributed by atoms with Crippen molar-refractivity contribution < 1.29 is 23.1 Å². The Morgan fingerprint density at radius 1 is 1.44 bits per heavy atom. The van der Waals surface area contributed by atoms with Crippen LogP contribution in [0.2, 0.25) is 0 Å². The highest BCUT2D eigenvalue weighted by atomic mass is 32.2. The molecule has 0 amide bonds. The first-order valence-electron chi connectivity index (χ1n) is 7.86. The van der Waals surface area contributed by atoms with Crippen LogP contribution in [0.1, 0.15) is 24.2 Å². The second-order valence-electron chi connectivity index (χ2n) is 5.80. The van der Waals surface area contributed by atoms with E-state index in [1.165, 1.54) is 13.3 Å². The number of aromatic nitrogens is 2. The van der Waals surface area contributed by atoms with E-state index in [4.69, 9.17) is 9.84 Å². The Bertz CT molecular complexity index is 904. The summed E-state index contributed by atoms with van der Waals surface area (Å²) in [6, 6.07) is 4.94. The van der Waals surface area contributed by atoms with Crippen molar-refractivity contribution in [2.24, 2.45) is 0 Å². The van der Waals surface area contributed by atoms with Gasteiger partial charge in [-0.3, -0.25) is 9.52 Å². The predicted octanol–water partition coefficient (Wildman–Crippen LogP) is 1.66. The number of methoxy groups -OCH3 is 1. The Hall–Kier alpha value is -2.55. The minimum absolute atomic E-state index is 0.0331. The van der Waals surface area contributed by atoms with Gasteiger partial charge in [-0.15, -0.1) is 0 Å². The minimum Gasteiger partial charge on any atom is -0.495 e. The van der Waals surface area contributed by atoms with Crippen LogP contribution in [0.15, 0.2) is 29.4 Å². The molecular formula is C16H19N3O5S. The predicted molar refractivity (Wildman–Crippen MR) is 90.3 cm³/mol. The molecule has 0 fully saturated rings. The number of carbonyl (C=O) groups is 1. The van der Waals surface area contributed by atoms with Gasteiger partial charge in [-0.25, -0.2) is 4.98 Å². The summed E-state index contributed by atoms with van der Waals surface area (Å²) in [6.45, 7) is 0.626. The molecule has 3 rings (SSSR count). The number of sulfonamides is 1. The summed E-state index contributed by atoms with van der Waals surface area (Å²) in [7, 11) is -2.38. The zero-order chi connectivity index (χ0) is 18.0. The maximum atomic E-state index is 12.7. The van der Waals surface area contributed by atoms with Crippen molar-refractivity contribution in [2.45, 2.75) is 37.3 Å². The van der Waals surface area contributed by atoms with Gasteiger partial charge in [-0.1, -0.05) is 6.07 Å². The number of rotatable bonds is 7. The monoisotopic (exact) mass is 365 g/mol. The fraction of sp³-hybridized carbons (Fsp3) is 0.375. The van der Waals surface area contributed by atoms with Crippen LogP contribution in [-0.2, 0) is 34.2 Å². The molecule has 0 unspecified atom stereocenters. The summed E-state index contributed by atoms with van der Waals surface area (Å²) in [5.74, 6) is 0.221. The summed E-state index contributed by atoms with van der Waals surface area (Å²) in [6.07, 6.45) is 3.27. The fourth-order valence-corrected chi connectivity index (χ4v) is 4.12. The van der Waals surface area contributed by atoms with Crippen LogP contribution in [0.3, 0.4) is 0 Å². The largest absolute Gasteiger partial charge is 0.495 e. The van der Waals surface area contributed by atoms with Crippen molar-refractivity contribution >= 4 is 21.7 Å². The number of nitrogens with one attached hydrogen (secondary N) is 1. The third-order valence-corrected chi connectivity index (χ3v) is 5.46. The van der Waals surface area contributed by atoms with E-state index in [1.54, 1.807) is 22.8 Å². The molecule has 0 bridgehead atoms. The van der Waals surface area contributed by atoms with Gasteiger partial charge in [-0.05, 0) is 30.5 Å². The number of aryl methyl sites for hydroxylation is 2. The number of hydrogen-bond donors (Lipinski definition) is 2. The number of fused-ring (bicyclic) bond motifs is 1. The quantitative estimate of drug-likeness (QED) is 0.772. The van der Waals surface area contributed by atoms with E-state index in [-0.39, 0.29) is 17.1 Å². The van der Waals surface area contributed by atoms with E-state index >= 15 is 0 Å². The van der Waals surface area contributed by atoms with Crippen molar-refractivity contribution in [1.29, 1.82) is 0 Å². The molecule has 2 aromatic rings. The molecule has 2 N–H and O–H groups in total.